The van der Waals surface area contributed by atoms with Crippen LogP contribution in [-0.2, 0) is 0 Å². The lowest BCUT2D eigenvalue weighted by Crippen LogP contribution is -2.49. The first-order chi connectivity index (χ1) is 16.6. The van der Waals surface area contributed by atoms with E-state index in [1.54, 1.807) is 11.8 Å². The number of ether oxygens (including phenoxy) is 1. The van der Waals surface area contributed by atoms with E-state index < -0.39 is 0 Å². The Kier molecular flexibility index (Phi) is 6.04. The smallest absolute Gasteiger partial charge is 0.272 e. The molecule has 5 rings (SSSR count). The molecule has 6 nitrogen and oxygen atoms in total. The zero-order valence-electron chi connectivity index (χ0n) is 19.5. The number of aryl methyl sites for hydroxylation is 1. The minimum absolute atomic E-state index is 0.00469. The standard InChI is InChI=1S/C28H28N4O2/c1-21-9-6-7-14-26(21)30-15-17-31(18-16-30)28(33)27-20-25(22-10-8-13-24(19-22)34-2)29-32(27)23-11-4-3-5-12-23/h3-14,19-20H,15-18H2,1-2H3. The molecular formula is C28H28N4O2. The molecule has 0 radical (unpaired) electrons. The second-order valence-corrected chi connectivity index (χ2v) is 8.46. The van der Waals surface area contributed by atoms with E-state index in [0.717, 1.165) is 35.8 Å². The second kappa shape index (κ2) is 9.43. The zero-order valence-corrected chi connectivity index (χ0v) is 19.5. The molecule has 0 aliphatic carbocycles. The maximum absolute atomic E-state index is 13.7. The largest absolute Gasteiger partial charge is 0.497 e. The van der Waals surface area contributed by atoms with Gasteiger partial charge in [-0.2, -0.15) is 5.10 Å². The van der Waals surface area contributed by atoms with Crippen LogP contribution in [0.3, 0.4) is 0 Å². The van der Waals surface area contributed by atoms with Crippen LogP contribution in [0.5, 0.6) is 5.75 Å². The summed E-state index contributed by atoms with van der Waals surface area (Å²) in [5.41, 5.74) is 5.57. The molecule has 1 amide bonds. The molecule has 6 heteroatoms. The van der Waals surface area contributed by atoms with E-state index in [4.69, 9.17) is 9.84 Å². The number of nitrogens with zero attached hydrogens (tertiary/aromatic N) is 4. The van der Waals surface area contributed by atoms with Crippen molar-refractivity contribution >= 4 is 11.6 Å². The van der Waals surface area contributed by atoms with Gasteiger partial charge < -0.3 is 14.5 Å². The highest BCUT2D eigenvalue weighted by Gasteiger charge is 2.26. The third kappa shape index (κ3) is 4.27. The first-order valence-electron chi connectivity index (χ1n) is 11.5. The van der Waals surface area contributed by atoms with Crippen LogP contribution in [0.15, 0.2) is 84.9 Å². The van der Waals surface area contributed by atoms with Crippen molar-refractivity contribution in [2.45, 2.75) is 6.92 Å². The molecule has 0 N–H and O–H groups in total. The SMILES string of the molecule is COc1cccc(-c2cc(C(=O)N3CCN(c4ccccc4C)CC3)n(-c3ccccc3)n2)c1. The molecule has 172 valence electrons. The Morgan fingerprint density at radius 3 is 2.32 bits per heavy atom. The predicted molar refractivity (Wildman–Crippen MR) is 135 cm³/mol. The molecule has 0 spiro atoms. The molecule has 1 aliphatic heterocycles. The predicted octanol–water partition coefficient (Wildman–Crippen LogP) is 4.82. The Morgan fingerprint density at radius 2 is 1.59 bits per heavy atom. The molecule has 1 aliphatic rings. The van der Waals surface area contributed by atoms with E-state index in [1.807, 2.05) is 65.6 Å². The number of rotatable bonds is 5. The van der Waals surface area contributed by atoms with Crippen LogP contribution in [-0.4, -0.2) is 53.9 Å². The van der Waals surface area contributed by atoms with Crippen molar-refractivity contribution in [3.63, 3.8) is 0 Å². The lowest BCUT2D eigenvalue weighted by molar-refractivity contribution is 0.0737. The molecule has 0 bridgehead atoms. The van der Waals surface area contributed by atoms with Crippen LogP contribution in [0.2, 0.25) is 0 Å². The summed E-state index contributed by atoms with van der Waals surface area (Å²) in [5.74, 6) is 0.752. The van der Waals surface area contributed by atoms with Gasteiger partial charge in [0.2, 0.25) is 0 Å². The lowest BCUT2D eigenvalue weighted by atomic mass is 10.1. The number of carbonyl (C=O) groups excluding carboxylic acids is 1. The summed E-state index contributed by atoms with van der Waals surface area (Å²) in [6.07, 6.45) is 0. The van der Waals surface area contributed by atoms with Crippen LogP contribution in [0, 0.1) is 6.92 Å². The monoisotopic (exact) mass is 452 g/mol. The minimum Gasteiger partial charge on any atom is -0.497 e. The number of aromatic nitrogens is 2. The third-order valence-corrected chi connectivity index (χ3v) is 6.32. The van der Waals surface area contributed by atoms with E-state index in [0.29, 0.717) is 18.8 Å². The van der Waals surface area contributed by atoms with Gasteiger partial charge in [-0.3, -0.25) is 4.79 Å². The van der Waals surface area contributed by atoms with Crippen molar-refractivity contribution < 1.29 is 9.53 Å². The molecule has 2 heterocycles. The molecule has 1 saturated heterocycles. The average Bonchev–Trinajstić information content (AvgIpc) is 3.35. The summed E-state index contributed by atoms with van der Waals surface area (Å²) in [6, 6.07) is 27.9. The van der Waals surface area contributed by atoms with Gasteiger partial charge in [-0.25, -0.2) is 4.68 Å². The summed E-state index contributed by atoms with van der Waals surface area (Å²) in [4.78, 5) is 18.0. The Morgan fingerprint density at radius 1 is 0.853 bits per heavy atom. The fraction of sp³-hybridized carbons (Fsp3) is 0.214. The molecule has 1 fully saturated rings. The van der Waals surface area contributed by atoms with Gasteiger partial charge in [-0.15, -0.1) is 0 Å². The lowest BCUT2D eigenvalue weighted by Gasteiger charge is -2.36. The number of hydrogen-bond donors (Lipinski definition) is 0. The second-order valence-electron chi connectivity index (χ2n) is 8.46. The maximum Gasteiger partial charge on any atom is 0.272 e. The van der Waals surface area contributed by atoms with Crippen LogP contribution in [0.1, 0.15) is 16.1 Å². The minimum atomic E-state index is -0.00469. The number of hydrogen-bond acceptors (Lipinski definition) is 4. The molecule has 34 heavy (non-hydrogen) atoms. The average molecular weight is 453 g/mol. The first-order valence-corrected chi connectivity index (χ1v) is 11.5. The van der Waals surface area contributed by atoms with Crippen molar-refractivity contribution in [1.82, 2.24) is 14.7 Å². The Bertz CT molecular complexity index is 1290. The number of methoxy groups -OCH3 is 1. The van der Waals surface area contributed by atoms with Crippen molar-refractivity contribution in [3.05, 3.63) is 96.2 Å². The Hall–Kier alpha value is -4.06. The zero-order chi connectivity index (χ0) is 23.5. The van der Waals surface area contributed by atoms with Crippen LogP contribution in [0.25, 0.3) is 16.9 Å². The van der Waals surface area contributed by atoms with Crippen molar-refractivity contribution in [2.24, 2.45) is 0 Å². The van der Waals surface area contributed by atoms with Gasteiger partial charge >= 0.3 is 0 Å². The molecular weight excluding hydrogens is 424 g/mol. The van der Waals surface area contributed by atoms with Gasteiger partial charge in [0.25, 0.3) is 5.91 Å². The molecule has 4 aromatic rings. The number of carbonyl (C=O) groups is 1. The molecule has 0 atom stereocenters. The van der Waals surface area contributed by atoms with Gasteiger partial charge in [-0.1, -0.05) is 48.5 Å². The molecule has 1 aromatic heterocycles. The van der Waals surface area contributed by atoms with Gasteiger partial charge in [0.1, 0.15) is 11.4 Å². The van der Waals surface area contributed by atoms with Crippen LogP contribution in [0.4, 0.5) is 5.69 Å². The number of anilines is 1. The topological polar surface area (TPSA) is 50.6 Å². The third-order valence-electron chi connectivity index (χ3n) is 6.32. The van der Waals surface area contributed by atoms with Gasteiger partial charge in [-0.05, 0) is 48.9 Å². The van der Waals surface area contributed by atoms with E-state index in [1.165, 1.54) is 11.3 Å². The highest BCUT2D eigenvalue weighted by atomic mass is 16.5. The number of benzene rings is 3. The Balaban J connectivity index is 1.43. The van der Waals surface area contributed by atoms with Gasteiger partial charge in [0.15, 0.2) is 0 Å². The quantitative estimate of drug-likeness (QED) is 0.436. The van der Waals surface area contributed by atoms with E-state index in [-0.39, 0.29) is 5.91 Å². The summed E-state index contributed by atoms with van der Waals surface area (Å²) in [7, 11) is 1.65. The normalized spacial score (nSPS) is 13.7. The van der Waals surface area contributed by atoms with Gasteiger partial charge in [0, 0.05) is 37.4 Å². The van der Waals surface area contributed by atoms with Gasteiger partial charge in [0.05, 0.1) is 18.5 Å². The van der Waals surface area contributed by atoms with Crippen molar-refractivity contribution in [3.8, 4) is 22.7 Å². The molecule has 0 saturated carbocycles. The summed E-state index contributed by atoms with van der Waals surface area (Å²) >= 11 is 0. The maximum atomic E-state index is 13.7. The van der Waals surface area contributed by atoms with Crippen molar-refractivity contribution in [1.29, 1.82) is 0 Å². The number of para-hydroxylation sites is 2. The highest BCUT2D eigenvalue weighted by Crippen LogP contribution is 2.27. The molecule has 0 unspecified atom stereocenters. The van der Waals surface area contributed by atoms with E-state index in [2.05, 4.69) is 36.1 Å². The fourth-order valence-electron chi connectivity index (χ4n) is 4.45. The van der Waals surface area contributed by atoms with E-state index >= 15 is 0 Å². The summed E-state index contributed by atoms with van der Waals surface area (Å²) in [5, 5.41) is 4.82. The van der Waals surface area contributed by atoms with Crippen LogP contribution < -0.4 is 9.64 Å². The number of amides is 1. The number of piperazine rings is 1. The van der Waals surface area contributed by atoms with E-state index in [9.17, 15) is 4.79 Å². The highest BCUT2D eigenvalue weighted by molar-refractivity contribution is 5.94. The summed E-state index contributed by atoms with van der Waals surface area (Å²) in [6.45, 7) is 5.08. The summed E-state index contributed by atoms with van der Waals surface area (Å²) < 4.78 is 7.14. The fourth-order valence-corrected chi connectivity index (χ4v) is 4.45. The van der Waals surface area contributed by atoms with Crippen LogP contribution >= 0.6 is 0 Å². The first kappa shape index (κ1) is 21.8. The van der Waals surface area contributed by atoms with Crippen molar-refractivity contribution in [2.75, 3.05) is 38.2 Å². The molecule has 3 aromatic carbocycles. The Labute approximate surface area is 200 Å².